The van der Waals surface area contributed by atoms with Crippen LogP contribution in [0, 0.1) is 29.6 Å². The SMILES string of the molecule is C=CC1CC2CC1C1CCCCCC21. The van der Waals surface area contributed by atoms with E-state index in [0.717, 1.165) is 29.6 Å². The molecule has 0 radical (unpaired) electrons. The van der Waals surface area contributed by atoms with Gasteiger partial charge in [0.1, 0.15) is 0 Å². The Hall–Kier alpha value is -0.260. The monoisotopic (exact) mass is 190 g/mol. The standard InChI is InChI=1S/C14H22/c1-2-10-8-11-9-14(10)13-7-5-3-4-6-12(11)13/h2,10-14H,1,3-9H2. The molecule has 0 saturated heterocycles. The summed E-state index contributed by atoms with van der Waals surface area (Å²) in [6, 6.07) is 0. The summed E-state index contributed by atoms with van der Waals surface area (Å²) in [6.07, 6.45) is 12.9. The molecule has 2 bridgehead atoms. The number of fused-ring (bicyclic) bond motifs is 5. The van der Waals surface area contributed by atoms with Gasteiger partial charge >= 0.3 is 0 Å². The van der Waals surface area contributed by atoms with Crippen molar-refractivity contribution in [2.24, 2.45) is 29.6 Å². The molecule has 0 aromatic heterocycles. The fourth-order valence-corrected chi connectivity index (χ4v) is 4.74. The molecule has 0 amide bonds. The summed E-state index contributed by atoms with van der Waals surface area (Å²) < 4.78 is 0. The normalized spacial score (nSPS) is 51.3. The lowest BCUT2D eigenvalue weighted by Gasteiger charge is -2.33. The second kappa shape index (κ2) is 3.40. The third kappa shape index (κ3) is 1.19. The lowest BCUT2D eigenvalue weighted by Crippen LogP contribution is -2.26. The van der Waals surface area contributed by atoms with Crippen LogP contribution >= 0.6 is 0 Å². The van der Waals surface area contributed by atoms with Crippen LogP contribution in [-0.2, 0) is 0 Å². The molecule has 0 aromatic carbocycles. The van der Waals surface area contributed by atoms with Crippen molar-refractivity contribution < 1.29 is 0 Å². The van der Waals surface area contributed by atoms with E-state index in [1.165, 1.54) is 32.1 Å². The second-order valence-corrected chi connectivity index (χ2v) is 5.76. The summed E-state index contributed by atoms with van der Waals surface area (Å²) >= 11 is 0. The fraction of sp³-hybridized carbons (Fsp3) is 0.857. The molecule has 0 spiro atoms. The molecule has 3 aliphatic carbocycles. The first-order valence-electron chi connectivity index (χ1n) is 6.52. The molecule has 0 aromatic rings. The van der Waals surface area contributed by atoms with E-state index >= 15 is 0 Å². The number of allylic oxidation sites excluding steroid dienone is 1. The van der Waals surface area contributed by atoms with E-state index in [1.54, 1.807) is 12.8 Å². The van der Waals surface area contributed by atoms with Crippen LogP contribution in [-0.4, -0.2) is 0 Å². The molecule has 3 fully saturated rings. The lowest BCUT2D eigenvalue weighted by atomic mass is 9.72. The van der Waals surface area contributed by atoms with Crippen molar-refractivity contribution in [2.75, 3.05) is 0 Å². The van der Waals surface area contributed by atoms with E-state index in [0.29, 0.717) is 0 Å². The van der Waals surface area contributed by atoms with E-state index in [1.807, 2.05) is 0 Å². The Morgan fingerprint density at radius 1 is 0.857 bits per heavy atom. The Morgan fingerprint density at radius 3 is 2.43 bits per heavy atom. The molecule has 14 heavy (non-hydrogen) atoms. The zero-order valence-corrected chi connectivity index (χ0v) is 9.12. The highest BCUT2D eigenvalue weighted by Crippen LogP contribution is 2.59. The molecular formula is C14H22. The average molecular weight is 190 g/mol. The van der Waals surface area contributed by atoms with Gasteiger partial charge in [-0.05, 0) is 55.3 Å². The molecule has 0 nitrogen and oxygen atoms in total. The van der Waals surface area contributed by atoms with Crippen molar-refractivity contribution in [3.05, 3.63) is 12.7 Å². The first-order chi connectivity index (χ1) is 6.90. The van der Waals surface area contributed by atoms with Crippen LogP contribution in [0.5, 0.6) is 0 Å². The van der Waals surface area contributed by atoms with Gasteiger partial charge in [-0.25, -0.2) is 0 Å². The minimum atomic E-state index is 0.888. The minimum absolute atomic E-state index is 0.888. The van der Waals surface area contributed by atoms with Gasteiger partial charge in [-0.3, -0.25) is 0 Å². The van der Waals surface area contributed by atoms with E-state index in [9.17, 15) is 0 Å². The number of rotatable bonds is 1. The maximum atomic E-state index is 4.02. The third-order valence-corrected chi connectivity index (χ3v) is 5.28. The molecule has 3 aliphatic rings. The van der Waals surface area contributed by atoms with Crippen molar-refractivity contribution >= 4 is 0 Å². The Balaban J connectivity index is 1.81. The summed E-state index contributed by atoms with van der Waals surface area (Å²) in [6.45, 7) is 4.02. The van der Waals surface area contributed by atoms with Gasteiger partial charge in [0.2, 0.25) is 0 Å². The summed E-state index contributed by atoms with van der Waals surface area (Å²) in [5.74, 6) is 5.24. The van der Waals surface area contributed by atoms with Crippen LogP contribution in [0.25, 0.3) is 0 Å². The predicted molar refractivity (Wildman–Crippen MR) is 60.0 cm³/mol. The van der Waals surface area contributed by atoms with Gasteiger partial charge in [0, 0.05) is 0 Å². The summed E-state index contributed by atoms with van der Waals surface area (Å²) in [5.41, 5.74) is 0. The van der Waals surface area contributed by atoms with Crippen LogP contribution in [0.2, 0.25) is 0 Å². The quantitative estimate of drug-likeness (QED) is 0.548. The van der Waals surface area contributed by atoms with Crippen molar-refractivity contribution in [2.45, 2.75) is 44.9 Å². The number of hydrogen-bond acceptors (Lipinski definition) is 0. The van der Waals surface area contributed by atoms with E-state index < -0.39 is 0 Å². The smallest absolute Gasteiger partial charge is 0.0202 e. The maximum Gasteiger partial charge on any atom is -0.0202 e. The Morgan fingerprint density at radius 2 is 1.64 bits per heavy atom. The minimum Gasteiger partial charge on any atom is -0.103 e. The van der Waals surface area contributed by atoms with Crippen molar-refractivity contribution in [1.29, 1.82) is 0 Å². The van der Waals surface area contributed by atoms with Crippen LogP contribution in [0.1, 0.15) is 44.9 Å². The van der Waals surface area contributed by atoms with Gasteiger partial charge in [-0.15, -0.1) is 6.58 Å². The van der Waals surface area contributed by atoms with Crippen molar-refractivity contribution in [3.63, 3.8) is 0 Å². The highest BCUT2D eigenvalue weighted by atomic mass is 14.6. The first-order valence-corrected chi connectivity index (χ1v) is 6.52. The van der Waals surface area contributed by atoms with Gasteiger partial charge in [0.15, 0.2) is 0 Å². The molecule has 0 N–H and O–H groups in total. The topological polar surface area (TPSA) is 0 Å². The highest BCUT2D eigenvalue weighted by Gasteiger charge is 2.50. The average Bonchev–Trinajstić information content (AvgIpc) is 2.66. The summed E-state index contributed by atoms with van der Waals surface area (Å²) in [7, 11) is 0. The largest absolute Gasteiger partial charge is 0.103 e. The molecular weight excluding hydrogens is 168 g/mol. The van der Waals surface area contributed by atoms with Gasteiger partial charge < -0.3 is 0 Å². The third-order valence-electron chi connectivity index (χ3n) is 5.28. The molecule has 0 heterocycles. The first kappa shape index (κ1) is 9.00. The fourth-order valence-electron chi connectivity index (χ4n) is 4.74. The van der Waals surface area contributed by atoms with Gasteiger partial charge in [-0.2, -0.15) is 0 Å². The van der Waals surface area contributed by atoms with E-state index in [4.69, 9.17) is 0 Å². The summed E-state index contributed by atoms with van der Waals surface area (Å²) in [4.78, 5) is 0. The molecule has 3 rings (SSSR count). The Labute approximate surface area is 87.8 Å². The second-order valence-electron chi connectivity index (χ2n) is 5.76. The van der Waals surface area contributed by atoms with Gasteiger partial charge in [-0.1, -0.05) is 25.3 Å². The molecule has 5 atom stereocenters. The molecule has 0 aliphatic heterocycles. The maximum absolute atomic E-state index is 4.02. The van der Waals surface area contributed by atoms with Crippen LogP contribution < -0.4 is 0 Å². The van der Waals surface area contributed by atoms with Crippen LogP contribution in [0.3, 0.4) is 0 Å². The molecule has 0 heteroatoms. The van der Waals surface area contributed by atoms with Crippen LogP contribution in [0.15, 0.2) is 12.7 Å². The zero-order valence-electron chi connectivity index (χ0n) is 9.12. The van der Waals surface area contributed by atoms with Crippen LogP contribution in [0.4, 0.5) is 0 Å². The van der Waals surface area contributed by atoms with E-state index in [-0.39, 0.29) is 0 Å². The zero-order chi connectivity index (χ0) is 9.54. The Kier molecular flexibility index (Phi) is 2.18. The lowest BCUT2D eigenvalue weighted by molar-refractivity contribution is 0.176. The van der Waals surface area contributed by atoms with Gasteiger partial charge in [0.05, 0.1) is 0 Å². The van der Waals surface area contributed by atoms with Crippen molar-refractivity contribution in [3.8, 4) is 0 Å². The summed E-state index contributed by atoms with van der Waals surface area (Å²) in [5, 5.41) is 0. The number of hydrogen-bond donors (Lipinski definition) is 0. The molecule has 5 unspecified atom stereocenters. The van der Waals surface area contributed by atoms with Crippen molar-refractivity contribution in [1.82, 2.24) is 0 Å². The van der Waals surface area contributed by atoms with Gasteiger partial charge in [0.25, 0.3) is 0 Å². The van der Waals surface area contributed by atoms with E-state index in [2.05, 4.69) is 12.7 Å². The Bertz CT molecular complexity index is 230. The molecule has 3 saturated carbocycles. The predicted octanol–water partition coefficient (Wildman–Crippen LogP) is 4.02. The highest BCUT2D eigenvalue weighted by molar-refractivity contribution is 5.05. The molecule has 78 valence electrons.